The van der Waals surface area contributed by atoms with Crippen molar-refractivity contribution in [2.45, 2.75) is 25.2 Å². The van der Waals surface area contributed by atoms with Crippen molar-refractivity contribution in [1.29, 1.82) is 0 Å². The number of allylic oxidation sites excluding steroid dienone is 1. The number of halogens is 3. The Bertz CT molecular complexity index is 543. The van der Waals surface area contributed by atoms with Gasteiger partial charge in [-0.15, -0.1) is 19.8 Å². The molecule has 0 aromatic heterocycles. The highest BCUT2D eigenvalue weighted by molar-refractivity contribution is 5.42. The molecule has 7 heteroatoms. The largest absolute Gasteiger partial charge is 0.573 e. The second-order valence-electron chi connectivity index (χ2n) is 5.62. The number of alkyl halides is 3. The molecule has 0 saturated carbocycles. The van der Waals surface area contributed by atoms with Crippen LogP contribution in [0.5, 0.6) is 11.5 Å². The second kappa shape index (κ2) is 8.39. The van der Waals surface area contributed by atoms with Crippen molar-refractivity contribution in [3.63, 3.8) is 0 Å². The fourth-order valence-corrected chi connectivity index (χ4v) is 2.97. The summed E-state index contributed by atoms with van der Waals surface area (Å²) in [5.41, 5.74) is 0.711. The van der Waals surface area contributed by atoms with E-state index in [0.29, 0.717) is 11.3 Å². The number of nitrogens with zero attached hydrogens (tertiary/aromatic N) is 1. The SMILES string of the molecule is C=CCC[C@@H](c1cc(OC(F)(F)F)ccc1OC)N1CCNCC1. The molecule has 24 heavy (non-hydrogen) atoms. The Balaban J connectivity index is 2.33. The van der Waals surface area contributed by atoms with Crippen LogP contribution in [0.2, 0.25) is 0 Å². The Morgan fingerprint density at radius 1 is 1.33 bits per heavy atom. The Hall–Kier alpha value is -1.73. The molecular formula is C17H23F3N2O2. The van der Waals surface area contributed by atoms with Gasteiger partial charge < -0.3 is 14.8 Å². The average Bonchev–Trinajstić information content (AvgIpc) is 2.55. The van der Waals surface area contributed by atoms with E-state index in [2.05, 4.69) is 21.5 Å². The van der Waals surface area contributed by atoms with E-state index in [1.54, 1.807) is 0 Å². The molecule has 1 atom stereocenters. The number of piperazine rings is 1. The molecular weight excluding hydrogens is 321 g/mol. The predicted molar refractivity (Wildman–Crippen MR) is 86.3 cm³/mol. The number of rotatable bonds is 7. The van der Waals surface area contributed by atoms with Crippen LogP contribution >= 0.6 is 0 Å². The van der Waals surface area contributed by atoms with Crippen LogP contribution in [0.4, 0.5) is 13.2 Å². The monoisotopic (exact) mass is 344 g/mol. The highest BCUT2D eigenvalue weighted by atomic mass is 19.4. The summed E-state index contributed by atoms with van der Waals surface area (Å²) < 4.78 is 47.0. The molecule has 1 aromatic carbocycles. The summed E-state index contributed by atoms with van der Waals surface area (Å²) in [4.78, 5) is 2.26. The van der Waals surface area contributed by atoms with Crippen molar-refractivity contribution in [2.24, 2.45) is 0 Å². The van der Waals surface area contributed by atoms with Crippen LogP contribution in [-0.4, -0.2) is 44.6 Å². The molecule has 1 fully saturated rings. The summed E-state index contributed by atoms with van der Waals surface area (Å²) >= 11 is 0. The maximum absolute atomic E-state index is 12.5. The van der Waals surface area contributed by atoms with Crippen LogP contribution in [0, 0.1) is 0 Å². The Morgan fingerprint density at radius 2 is 2.04 bits per heavy atom. The Labute approximate surface area is 140 Å². The molecule has 0 unspecified atom stereocenters. The second-order valence-corrected chi connectivity index (χ2v) is 5.62. The van der Waals surface area contributed by atoms with Gasteiger partial charge in [0.15, 0.2) is 0 Å². The summed E-state index contributed by atoms with van der Waals surface area (Å²) in [6, 6.07) is 4.19. The zero-order valence-electron chi connectivity index (χ0n) is 13.7. The van der Waals surface area contributed by atoms with Gasteiger partial charge in [0.2, 0.25) is 0 Å². The minimum absolute atomic E-state index is 0.0446. The first kappa shape index (κ1) is 18.6. The van der Waals surface area contributed by atoms with E-state index in [9.17, 15) is 13.2 Å². The smallest absolute Gasteiger partial charge is 0.496 e. The van der Waals surface area contributed by atoms with Gasteiger partial charge in [-0.3, -0.25) is 4.90 Å². The topological polar surface area (TPSA) is 33.7 Å². The highest BCUT2D eigenvalue weighted by Gasteiger charge is 2.32. The van der Waals surface area contributed by atoms with Gasteiger partial charge in [0.05, 0.1) is 7.11 Å². The maximum atomic E-state index is 12.5. The maximum Gasteiger partial charge on any atom is 0.573 e. The van der Waals surface area contributed by atoms with Crippen LogP contribution in [0.25, 0.3) is 0 Å². The summed E-state index contributed by atoms with van der Waals surface area (Å²) in [6.45, 7) is 7.11. The molecule has 4 nitrogen and oxygen atoms in total. The van der Waals surface area contributed by atoms with Crippen molar-refractivity contribution in [3.05, 3.63) is 36.4 Å². The minimum atomic E-state index is -4.71. The molecule has 0 spiro atoms. The van der Waals surface area contributed by atoms with E-state index in [1.807, 2.05) is 6.08 Å². The predicted octanol–water partition coefficient (Wildman–Crippen LogP) is 3.51. The van der Waals surface area contributed by atoms with Crippen LogP contribution < -0.4 is 14.8 Å². The van der Waals surface area contributed by atoms with Crippen molar-refractivity contribution >= 4 is 0 Å². The molecule has 0 radical (unpaired) electrons. The summed E-state index contributed by atoms with van der Waals surface area (Å²) in [7, 11) is 1.52. The van der Waals surface area contributed by atoms with Crippen molar-refractivity contribution in [2.75, 3.05) is 33.3 Å². The normalized spacial score (nSPS) is 17.3. The van der Waals surface area contributed by atoms with Gasteiger partial charge in [0, 0.05) is 37.8 Å². The number of nitrogens with one attached hydrogen (secondary N) is 1. The lowest BCUT2D eigenvalue weighted by molar-refractivity contribution is -0.274. The molecule has 134 valence electrons. The van der Waals surface area contributed by atoms with Gasteiger partial charge in [-0.25, -0.2) is 0 Å². The van der Waals surface area contributed by atoms with Crippen molar-refractivity contribution in [1.82, 2.24) is 10.2 Å². The Morgan fingerprint density at radius 3 is 2.62 bits per heavy atom. The molecule has 0 aliphatic carbocycles. The van der Waals surface area contributed by atoms with Gasteiger partial charge in [-0.1, -0.05) is 6.08 Å². The molecule has 1 aromatic rings. The molecule has 1 aliphatic rings. The first-order chi connectivity index (χ1) is 11.4. The van der Waals surface area contributed by atoms with E-state index in [1.165, 1.54) is 25.3 Å². The minimum Gasteiger partial charge on any atom is -0.496 e. The number of hydrogen-bond acceptors (Lipinski definition) is 4. The molecule has 0 bridgehead atoms. The third-order valence-electron chi connectivity index (χ3n) is 4.03. The van der Waals surface area contributed by atoms with Gasteiger partial charge in [0.1, 0.15) is 11.5 Å². The van der Waals surface area contributed by atoms with E-state index >= 15 is 0 Å². The summed E-state index contributed by atoms with van der Waals surface area (Å²) in [5, 5.41) is 3.28. The third-order valence-corrected chi connectivity index (χ3v) is 4.03. The zero-order chi connectivity index (χ0) is 17.6. The van der Waals surface area contributed by atoms with Crippen LogP contribution in [0.15, 0.2) is 30.9 Å². The fraction of sp³-hybridized carbons (Fsp3) is 0.529. The first-order valence-electron chi connectivity index (χ1n) is 7.94. The molecule has 0 amide bonds. The van der Waals surface area contributed by atoms with E-state index in [4.69, 9.17) is 4.74 Å². The molecule has 1 saturated heterocycles. The van der Waals surface area contributed by atoms with Gasteiger partial charge >= 0.3 is 6.36 Å². The van der Waals surface area contributed by atoms with Crippen molar-refractivity contribution in [3.8, 4) is 11.5 Å². The lowest BCUT2D eigenvalue weighted by atomic mass is 9.98. The average molecular weight is 344 g/mol. The lowest BCUT2D eigenvalue weighted by Gasteiger charge is -2.36. The van der Waals surface area contributed by atoms with Crippen LogP contribution in [-0.2, 0) is 0 Å². The molecule has 2 rings (SSSR count). The van der Waals surface area contributed by atoms with Crippen LogP contribution in [0.1, 0.15) is 24.4 Å². The first-order valence-corrected chi connectivity index (χ1v) is 7.94. The summed E-state index contributed by atoms with van der Waals surface area (Å²) in [5.74, 6) is 0.342. The van der Waals surface area contributed by atoms with E-state index in [0.717, 1.165) is 39.0 Å². The highest BCUT2D eigenvalue weighted by Crippen LogP contribution is 2.37. The number of ether oxygens (including phenoxy) is 2. The van der Waals surface area contributed by atoms with E-state index < -0.39 is 6.36 Å². The lowest BCUT2D eigenvalue weighted by Crippen LogP contribution is -2.45. The summed E-state index contributed by atoms with van der Waals surface area (Å²) in [6.07, 6.45) is -1.37. The Kier molecular flexibility index (Phi) is 6.51. The number of methoxy groups -OCH3 is 1. The quantitative estimate of drug-likeness (QED) is 0.768. The molecule has 1 aliphatic heterocycles. The number of hydrogen-bond donors (Lipinski definition) is 1. The van der Waals surface area contributed by atoms with Crippen LogP contribution in [0.3, 0.4) is 0 Å². The zero-order valence-corrected chi connectivity index (χ0v) is 13.7. The van der Waals surface area contributed by atoms with Gasteiger partial charge in [0.25, 0.3) is 0 Å². The third kappa shape index (κ3) is 5.14. The van der Waals surface area contributed by atoms with E-state index in [-0.39, 0.29) is 11.8 Å². The standard InChI is InChI=1S/C17H23F3N2O2/c1-3-4-5-15(22-10-8-21-9-11-22)14-12-13(24-17(18,19)20)6-7-16(14)23-2/h3,6-7,12,15,21H,1,4-5,8-11H2,2H3/t15-/m0/s1. The fourth-order valence-electron chi connectivity index (χ4n) is 2.97. The molecule has 1 N–H and O–H groups in total. The number of benzene rings is 1. The van der Waals surface area contributed by atoms with Gasteiger partial charge in [-0.05, 0) is 31.0 Å². The van der Waals surface area contributed by atoms with Gasteiger partial charge in [-0.2, -0.15) is 0 Å². The molecule has 1 heterocycles. The van der Waals surface area contributed by atoms with Crippen molar-refractivity contribution < 1.29 is 22.6 Å².